The molecule has 27 heavy (non-hydrogen) atoms. The van der Waals surface area contributed by atoms with Gasteiger partial charge in [-0.15, -0.1) is 11.3 Å². The highest BCUT2D eigenvalue weighted by Crippen LogP contribution is 2.37. The largest absolute Gasteiger partial charge is 0.482 e. The molecule has 1 amide bonds. The third-order valence-electron chi connectivity index (χ3n) is 4.21. The van der Waals surface area contributed by atoms with E-state index in [1.54, 1.807) is 11.6 Å². The van der Waals surface area contributed by atoms with E-state index < -0.39 is 12.0 Å². The summed E-state index contributed by atoms with van der Waals surface area (Å²) in [4.78, 5) is 31.0. The van der Waals surface area contributed by atoms with Crippen molar-refractivity contribution in [2.75, 3.05) is 31.3 Å². The Balaban J connectivity index is 1.87. The van der Waals surface area contributed by atoms with Gasteiger partial charge in [0.05, 0.1) is 23.5 Å². The molecule has 7 nitrogen and oxygen atoms in total. The molecule has 1 aromatic carbocycles. The van der Waals surface area contributed by atoms with E-state index in [0.717, 1.165) is 11.3 Å². The van der Waals surface area contributed by atoms with E-state index in [1.807, 2.05) is 31.4 Å². The molecule has 0 saturated heterocycles. The van der Waals surface area contributed by atoms with Crippen LogP contribution in [0.5, 0.6) is 5.75 Å². The van der Waals surface area contributed by atoms with Gasteiger partial charge < -0.3 is 14.2 Å². The number of hydrogen-bond donors (Lipinski definition) is 0. The van der Waals surface area contributed by atoms with E-state index in [4.69, 9.17) is 14.2 Å². The minimum atomic E-state index is -0.715. The fraction of sp³-hybridized carbons (Fsp3) is 0.421. The lowest BCUT2D eigenvalue weighted by Crippen LogP contribution is -2.50. The number of amides is 1. The van der Waals surface area contributed by atoms with E-state index in [-0.39, 0.29) is 19.1 Å². The lowest BCUT2D eigenvalue weighted by atomic mass is 10.1. The maximum atomic E-state index is 12.6. The predicted octanol–water partition coefficient (Wildman–Crippen LogP) is 2.89. The zero-order chi connectivity index (χ0) is 19.2. The Labute approximate surface area is 161 Å². The van der Waals surface area contributed by atoms with Crippen LogP contribution in [0.3, 0.4) is 0 Å². The fourth-order valence-corrected chi connectivity index (χ4v) is 3.48. The van der Waals surface area contributed by atoms with Crippen molar-refractivity contribution in [3.05, 3.63) is 29.1 Å². The van der Waals surface area contributed by atoms with E-state index in [2.05, 4.69) is 4.98 Å². The predicted molar refractivity (Wildman–Crippen MR) is 102 cm³/mol. The molecule has 2 aromatic rings. The topological polar surface area (TPSA) is 78.0 Å². The number of fused-ring (bicyclic) bond motifs is 1. The Morgan fingerprint density at radius 3 is 2.93 bits per heavy atom. The molecular formula is C19H22N2O5S. The molecule has 0 radical (unpaired) electrons. The maximum Gasteiger partial charge on any atom is 0.329 e. The summed E-state index contributed by atoms with van der Waals surface area (Å²) in [5.41, 5.74) is 3.98. The van der Waals surface area contributed by atoms with E-state index in [1.165, 1.54) is 16.2 Å². The summed E-state index contributed by atoms with van der Waals surface area (Å²) in [7, 11) is 0. The molecule has 1 unspecified atom stereocenters. The van der Waals surface area contributed by atoms with Crippen molar-refractivity contribution < 1.29 is 23.8 Å². The van der Waals surface area contributed by atoms with Gasteiger partial charge in [0.1, 0.15) is 18.4 Å². The Morgan fingerprint density at radius 2 is 2.22 bits per heavy atom. The van der Waals surface area contributed by atoms with Crippen molar-refractivity contribution in [3.63, 3.8) is 0 Å². The van der Waals surface area contributed by atoms with Crippen molar-refractivity contribution in [3.8, 4) is 17.0 Å². The van der Waals surface area contributed by atoms with Crippen molar-refractivity contribution in [1.29, 1.82) is 0 Å². The van der Waals surface area contributed by atoms with Gasteiger partial charge in [0.15, 0.2) is 6.61 Å². The average Bonchev–Trinajstić information content (AvgIpc) is 3.22. The molecule has 8 heteroatoms. The number of thiazole rings is 1. The van der Waals surface area contributed by atoms with Crippen LogP contribution in [0.25, 0.3) is 11.3 Å². The number of hydrogen-bond acceptors (Lipinski definition) is 7. The normalized spacial score (nSPS) is 14.4. The Bertz CT molecular complexity index is 793. The third kappa shape index (κ3) is 4.28. The number of rotatable bonds is 8. The summed E-state index contributed by atoms with van der Waals surface area (Å²) in [6.45, 7) is 4.67. The highest BCUT2D eigenvalue weighted by molar-refractivity contribution is 7.07. The van der Waals surface area contributed by atoms with Gasteiger partial charge in [-0.3, -0.25) is 9.69 Å². The van der Waals surface area contributed by atoms with Crippen LogP contribution in [0.15, 0.2) is 29.1 Å². The van der Waals surface area contributed by atoms with E-state index in [0.29, 0.717) is 31.1 Å². The standard InChI is InChI=1S/C19H22N2O5S/c1-3-15(19(23)25-8-7-24-4-2)21-16-9-13(14-11-27-12-20-14)5-6-17(16)26-10-18(21)22/h5-6,9,11-12,15H,3-4,7-8,10H2,1-2H3. The quantitative estimate of drug-likeness (QED) is 0.509. The Kier molecular flexibility index (Phi) is 6.41. The molecule has 0 spiro atoms. The number of aromatic nitrogens is 1. The second kappa shape index (κ2) is 8.96. The van der Waals surface area contributed by atoms with Gasteiger partial charge in [-0.1, -0.05) is 6.92 Å². The summed E-state index contributed by atoms with van der Waals surface area (Å²) in [6, 6.07) is 4.81. The third-order valence-corrected chi connectivity index (χ3v) is 4.80. The molecule has 1 aromatic heterocycles. The number of esters is 1. The monoisotopic (exact) mass is 390 g/mol. The summed E-state index contributed by atoms with van der Waals surface area (Å²) in [6.07, 6.45) is 0.430. The van der Waals surface area contributed by atoms with Gasteiger partial charge in [-0.25, -0.2) is 9.78 Å². The smallest absolute Gasteiger partial charge is 0.329 e. The summed E-state index contributed by atoms with van der Waals surface area (Å²) >= 11 is 1.49. The van der Waals surface area contributed by atoms with Crippen molar-refractivity contribution in [2.45, 2.75) is 26.3 Å². The van der Waals surface area contributed by atoms with Crippen molar-refractivity contribution >= 4 is 28.9 Å². The summed E-state index contributed by atoms with van der Waals surface area (Å²) in [5.74, 6) is -0.154. The molecule has 1 aliphatic rings. The van der Waals surface area contributed by atoms with Crippen molar-refractivity contribution in [2.24, 2.45) is 0 Å². The van der Waals surface area contributed by atoms with Crippen LogP contribution >= 0.6 is 11.3 Å². The van der Waals surface area contributed by atoms with Gasteiger partial charge in [0.2, 0.25) is 0 Å². The Hall–Kier alpha value is -2.45. The van der Waals surface area contributed by atoms with Gasteiger partial charge >= 0.3 is 5.97 Å². The number of anilines is 1. The number of carbonyl (C=O) groups is 2. The van der Waals surface area contributed by atoms with Crippen molar-refractivity contribution in [1.82, 2.24) is 4.98 Å². The second-order valence-corrected chi connectivity index (χ2v) is 6.62. The van der Waals surface area contributed by atoms with Crippen LogP contribution in [0.4, 0.5) is 5.69 Å². The highest BCUT2D eigenvalue weighted by Gasteiger charge is 2.36. The highest BCUT2D eigenvalue weighted by atomic mass is 32.1. The molecule has 0 saturated carbocycles. The number of ether oxygens (including phenoxy) is 3. The van der Waals surface area contributed by atoms with E-state index in [9.17, 15) is 9.59 Å². The lowest BCUT2D eigenvalue weighted by Gasteiger charge is -2.34. The zero-order valence-corrected chi connectivity index (χ0v) is 16.2. The first-order valence-corrected chi connectivity index (χ1v) is 9.81. The first-order valence-electron chi connectivity index (χ1n) is 8.87. The van der Waals surface area contributed by atoms with Gasteiger partial charge in [0.25, 0.3) is 5.91 Å². The minimum absolute atomic E-state index is 0.105. The minimum Gasteiger partial charge on any atom is -0.482 e. The maximum absolute atomic E-state index is 12.6. The molecule has 144 valence electrons. The first-order chi connectivity index (χ1) is 13.2. The summed E-state index contributed by atoms with van der Waals surface area (Å²) in [5, 5.41) is 1.93. The van der Waals surface area contributed by atoms with Gasteiger partial charge in [-0.05, 0) is 31.5 Å². The lowest BCUT2D eigenvalue weighted by molar-refractivity contribution is -0.148. The second-order valence-electron chi connectivity index (χ2n) is 5.90. The van der Waals surface area contributed by atoms with E-state index >= 15 is 0 Å². The van der Waals surface area contributed by atoms with Gasteiger partial charge in [-0.2, -0.15) is 0 Å². The van der Waals surface area contributed by atoms with Crippen LogP contribution in [0.2, 0.25) is 0 Å². The summed E-state index contributed by atoms with van der Waals surface area (Å²) < 4.78 is 16.0. The first kappa shape index (κ1) is 19.3. The molecule has 2 heterocycles. The molecule has 0 fully saturated rings. The SMILES string of the molecule is CCOCCOC(=O)C(CC)N1C(=O)COc2ccc(-c3cscn3)cc21. The van der Waals surface area contributed by atoms with Gasteiger partial charge in [0, 0.05) is 17.6 Å². The van der Waals surface area contributed by atoms with Crippen LogP contribution in [0.1, 0.15) is 20.3 Å². The Morgan fingerprint density at radius 1 is 1.37 bits per heavy atom. The molecule has 1 atom stereocenters. The van der Waals surface area contributed by atoms with Crippen LogP contribution in [-0.4, -0.2) is 49.3 Å². The average molecular weight is 390 g/mol. The number of benzene rings is 1. The fourth-order valence-electron chi connectivity index (χ4n) is 2.92. The molecule has 3 rings (SSSR count). The molecule has 0 aliphatic carbocycles. The molecule has 0 bridgehead atoms. The van der Waals surface area contributed by atoms with Crippen LogP contribution < -0.4 is 9.64 Å². The van der Waals surface area contributed by atoms with Crippen LogP contribution in [-0.2, 0) is 19.1 Å². The zero-order valence-electron chi connectivity index (χ0n) is 15.3. The number of nitrogens with zero attached hydrogens (tertiary/aromatic N) is 2. The molecule has 0 N–H and O–H groups in total. The number of carbonyl (C=O) groups excluding carboxylic acids is 2. The molecule has 1 aliphatic heterocycles. The van der Waals surface area contributed by atoms with Crippen LogP contribution in [0, 0.1) is 0 Å². The molecular weight excluding hydrogens is 368 g/mol.